The van der Waals surface area contributed by atoms with Gasteiger partial charge in [-0.3, -0.25) is 19.5 Å². The molecule has 2 amide bonds. The smallest absolute Gasteiger partial charge is 0.230 e. The lowest BCUT2D eigenvalue weighted by atomic mass is 10.0. The Bertz CT molecular complexity index is 1230. The van der Waals surface area contributed by atoms with Crippen LogP contribution in [-0.4, -0.2) is 52.1 Å². The second kappa shape index (κ2) is 9.02. The number of halogens is 1. The maximum atomic E-state index is 12.1. The number of likely N-dealkylation sites (tertiary alicyclic amines) is 1. The molecule has 0 spiro atoms. The molecule has 2 aliphatic rings. The molecule has 1 aromatic carbocycles. The zero-order valence-corrected chi connectivity index (χ0v) is 19.7. The Morgan fingerprint density at radius 2 is 2.03 bits per heavy atom. The number of pyridine rings is 1. The molecule has 0 unspecified atom stereocenters. The van der Waals surface area contributed by atoms with Gasteiger partial charge in [-0.2, -0.15) is 0 Å². The Kier molecular flexibility index (Phi) is 6.09. The van der Waals surface area contributed by atoms with Gasteiger partial charge in [0.15, 0.2) is 0 Å². The number of hydrogen-bond acceptors (Lipinski definition) is 7. The lowest BCUT2D eigenvalue weighted by Gasteiger charge is -2.19. The van der Waals surface area contributed by atoms with Gasteiger partial charge in [0.25, 0.3) is 0 Å². The SMILES string of the molecule is Cc1cc(Cl)cc(-c2ccnc3cc(CN4C(=O)CCC4=O)sc23)c1O[C@@H]1CN[C@H](CO)C1. The Balaban J connectivity index is 1.53. The van der Waals surface area contributed by atoms with Crippen LogP contribution in [0.1, 0.15) is 29.7 Å². The number of aliphatic hydroxyl groups is 1. The van der Waals surface area contributed by atoms with E-state index < -0.39 is 0 Å². The summed E-state index contributed by atoms with van der Waals surface area (Å²) in [5.74, 6) is 0.508. The molecule has 9 heteroatoms. The number of nitrogens with one attached hydrogen (secondary N) is 1. The molecule has 5 rings (SSSR count). The van der Waals surface area contributed by atoms with E-state index in [9.17, 15) is 14.7 Å². The highest BCUT2D eigenvalue weighted by molar-refractivity contribution is 7.19. The number of aryl methyl sites for hydroxylation is 1. The number of hydrogen-bond donors (Lipinski definition) is 2. The first-order valence-corrected chi connectivity index (χ1v) is 12.1. The third-order valence-electron chi connectivity index (χ3n) is 6.15. The molecule has 2 saturated heterocycles. The van der Waals surface area contributed by atoms with E-state index in [1.165, 1.54) is 16.2 Å². The number of thiophene rings is 1. The summed E-state index contributed by atoms with van der Waals surface area (Å²) in [7, 11) is 0. The van der Waals surface area contributed by atoms with Crippen LogP contribution in [0.2, 0.25) is 5.02 Å². The summed E-state index contributed by atoms with van der Waals surface area (Å²) in [4.78, 5) is 30.9. The van der Waals surface area contributed by atoms with Crippen molar-refractivity contribution in [3.63, 3.8) is 0 Å². The van der Waals surface area contributed by atoms with Gasteiger partial charge in [-0.05, 0) is 36.8 Å². The molecular formula is C24H24ClN3O4S. The van der Waals surface area contributed by atoms with E-state index in [1.54, 1.807) is 6.20 Å². The average molecular weight is 486 g/mol. The lowest BCUT2D eigenvalue weighted by Crippen LogP contribution is -2.27. The zero-order chi connectivity index (χ0) is 23.1. The molecule has 3 aromatic rings. The number of nitrogens with zero attached hydrogens (tertiary/aromatic N) is 2. The summed E-state index contributed by atoms with van der Waals surface area (Å²) in [6.45, 7) is 2.99. The van der Waals surface area contributed by atoms with Crippen molar-refractivity contribution in [1.29, 1.82) is 0 Å². The monoisotopic (exact) mass is 485 g/mol. The van der Waals surface area contributed by atoms with Gasteiger partial charge in [0.2, 0.25) is 11.8 Å². The number of carbonyl (C=O) groups is 2. The fourth-order valence-corrected chi connectivity index (χ4v) is 5.90. The number of aliphatic hydroxyl groups excluding tert-OH is 1. The minimum atomic E-state index is -0.127. The van der Waals surface area contributed by atoms with E-state index in [0.717, 1.165) is 44.0 Å². The van der Waals surface area contributed by atoms with E-state index >= 15 is 0 Å². The van der Waals surface area contributed by atoms with Crippen LogP contribution in [0.4, 0.5) is 0 Å². The topological polar surface area (TPSA) is 91.8 Å². The zero-order valence-electron chi connectivity index (χ0n) is 18.1. The van der Waals surface area contributed by atoms with Crippen LogP contribution in [0.5, 0.6) is 5.75 Å². The minimum Gasteiger partial charge on any atom is -0.488 e. The van der Waals surface area contributed by atoms with E-state index in [1.807, 2.05) is 31.2 Å². The second-order valence-corrected chi connectivity index (χ2v) is 10.1. The highest BCUT2D eigenvalue weighted by Gasteiger charge is 2.30. The van der Waals surface area contributed by atoms with Crippen LogP contribution < -0.4 is 10.1 Å². The Morgan fingerprint density at radius 1 is 1.24 bits per heavy atom. The van der Waals surface area contributed by atoms with Crippen LogP contribution >= 0.6 is 22.9 Å². The highest BCUT2D eigenvalue weighted by Crippen LogP contribution is 2.42. The summed E-state index contributed by atoms with van der Waals surface area (Å²) in [6, 6.07) is 7.70. The standard InChI is InChI=1S/C24H24ClN3O4S/c1-13-6-14(25)7-19(23(13)32-16-8-15(12-29)27-10-16)18-4-5-26-20-9-17(33-24(18)20)11-28-21(30)2-3-22(28)31/h4-7,9,15-16,27,29H,2-3,8,10-12H2,1H3/t15-,16-/m0/s1. The largest absolute Gasteiger partial charge is 0.488 e. The molecule has 0 radical (unpaired) electrons. The van der Waals surface area contributed by atoms with E-state index in [0.29, 0.717) is 11.6 Å². The molecule has 4 heterocycles. The third-order valence-corrected chi connectivity index (χ3v) is 7.51. The quantitative estimate of drug-likeness (QED) is 0.517. The van der Waals surface area contributed by atoms with Gasteiger partial charge in [-0.1, -0.05) is 11.6 Å². The van der Waals surface area contributed by atoms with Gasteiger partial charge >= 0.3 is 0 Å². The molecule has 7 nitrogen and oxygen atoms in total. The number of ether oxygens (including phenoxy) is 1. The molecule has 2 aliphatic heterocycles. The minimum absolute atomic E-state index is 0.0366. The summed E-state index contributed by atoms with van der Waals surface area (Å²) in [6.07, 6.45) is 2.99. The highest BCUT2D eigenvalue weighted by atomic mass is 35.5. The Morgan fingerprint density at radius 3 is 2.76 bits per heavy atom. The fourth-order valence-electron chi connectivity index (χ4n) is 4.50. The first-order valence-electron chi connectivity index (χ1n) is 10.9. The van der Waals surface area contributed by atoms with Crippen molar-refractivity contribution in [2.45, 2.75) is 44.9 Å². The predicted octanol–water partition coefficient (Wildman–Crippen LogP) is 3.68. The van der Waals surface area contributed by atoms with Gasteiger partial charge in [-0.25, -0.2) is 0 Å². The fraction of sp³-hybridized carbons (Fsp3) is 0.375. The van der Waals surface area contributed by atoms with Crippen molar-refractivity contribution in [2.24, 2.45) is 0 Å². The molecule has 33 heavy (non-hydrogen) atoms. The van der Waals surface area contributed by atoms with Crippen LogP contribution in [0.15, 0.2) is 30.5 Å². The Hall–Kier alpha value is -2.52. The number of amides is 2. The predicted molar refractivity (Wildman–Crippen MR) is 128 cm³/mol. The van der Waals surface area contributed by atoms with Crippen LogP contribution in [0, 0.1) is 6.92 Å². The number of fused-ring (bicyclic) bond motifs is 1. The molecule has 0 aliphatic carbocycles. The normalized spacial score (nSPS) is 20.9. The maximum absolute atomic E-state index is 12.1. The molecule has 0 saturated carbocycles. The number of carbonyl (C=O) groups excluding carboxylic acids is 2. The number of aromatic nitrogens is 1. The number of imide groups is 1. The van der Waals surface area contributed by atoms with Crippen molar-refractivity contribution in [3.8, 4) is 16.9 Å². The van der Waals surface area contributed by atoms with Gasteiger partial charge in [0, 0.05) is 59.1 Å². The van der Waals surface area contributed by atoms with Crippen molar-refractivity contribution >= 4 is 45.0 Å². The van der Waals surface area contributed by atoms with Crippen LogP contribution in [0.25, 0.3) is 21.3 Å². The van der Waals surface area contributed by atoms with Gasteiger partial charge in [0.1, 0.15) is 11.9 Å². The molecule has 2 atom stereocenters. The van der Waals surface area contributed by atoms with Crippen LogP contribution in [0.3, 0.4) is 0 Å². The van der Waals surface area contributed by atoms with Gasteiger partial charge in [0.05, 0.1) is 23.4 Å². The first-order chi connectivity index (χ1) is 15.9. The van der Waals surface area contributed by atoms with Crippen molar-refractivity contribution in [3.05, 3.63) is 45.9 Å². The average Bonchev–Trinajstić information content (AvgIpc) is 3.50. The molecule has 172 valence electrons. The van der Waals surface area contributed by atoms with Crippen molar-refractivity contribution in [2.75, 3.05) is 13.2 Å². The molecule has 0 bridgehead atoms. The van der Waals surface area contributed by atoms with Crippen LogP contribution in [-0.2, 0) is 16.1 Å². The summed E-state index contributed by atoms with van der Waals surface area (Å²) >= 11 is 7.97. The molecule has 2 N–H and O–H groups in total. The maximum Gasteiger partial charge on any atom is 0.230 e. The molecule has 2 aromatic heterocycles. The van der Waals surface area contributed by atoms with E-state index in [4.69, 9.17) is 16.3 Å². The third kappa shape index (κ3) is 4.36. The summed E-state index contributed by atoms with van der Waals surface area (Å²) < 4.78 is 7.38. The van der Waals surface area contributed by atoms with Crippen molar-refractivity contribution < 1.29 is 19.4 Å². The number of benzene rings is 1. The second-order valence-electron chi connectivity index (χ2n) is 8.52. The number of rotatable bonds is 6. The van der Waals surface area contributed by atoms with Gasteiger partial charge < -0.3 is 15.2 Å². The van der Waals surface area contributed by atoms with E-state index in [2.05, 4.69) is 10.3 Å². The Labute approximate surface area is 200 Å². The van der Waals surface area contributed by atoms with E-state index in [-0.39, 0.29) is 50.0 Å². The molecular weight excluding hydrogens is 462 g/mol. The summed E-state index contributed by atoms with van der Waals surface area (Å²) in [5.41, 5.74) is 3.56. The molecule has 2 fully saturated rings. The summed E-state index contributed by atoms with van der Waals surface area (Å²) in [5, 5.41) is 13.3. The van der Waals surface area contributed by atoms with Gasteiger partial charge in [-0.15, -0.1) is 11.3 Å². The first kappa shape index (κ1) is 22.3. The lowest BCUT2D eigenvalue weighted by molar-refractivity contribution is -0.138. The van der Waals surface area contributed by atoms with Crippen molar-refractivity contribution in [1.82, 2.24) is 15.2 Å².